The van der Waals surface area contributed by atoms with E-state index in [0.717, 1.165) is 0 Å². The quantitative estimate of drug-likeness (QED) is 0.470. The minimum Gasteiger partial charge on any atom is -0.497 e. The van der Waals surface area contributed by atoms with Crippen molar-refractivity contribution in [1.29, 1.82) is 0 Å². The summed E-state index contributed by atoms with van der Waals surface area (Å²) >= 11 is 0. The van der Waals surface area contributed by atoms with E-state index in [9.17, 15) is 19.7 Å². The molecule has 0 spiro atoms. The van der Waals surface area contributed by atoms with Crippen molar-refractivity contribution in [3.63, 3.8) is 0 Å². The summed E-state index contributed by atoms with van der Waals surface area (Å²) in [6.07, 6.45) is 2.51. The molecule has 2 N–H and O–H groups in total. The van der Waals surface area contributed by atoms with E-state index in [-0.39, 0.29) is 17.2 Å². The highest BCUT2D eigenvalue weighted by Gasteiger charge is 2.14. The SMILES string of the molecule is CNC(=O)c1cc(OC)ccc1NC(=O)/C=C/c1ccccc1[N+](=O)[O-]. The van der Waals surface area contributed by atoms with E-state index < -0.39 is 10.8 Å². The van der Waals surface area contributed by atoms with Gasteiger partial charge in [-0.3, -0.25) is 19.7 Å². The zero-order valence-electron chi connectivity index (χ0n) is 14.2. The number of anilines is 1. The minimum atomic E-state index is -0.529. The number of para-hydroxylation sites is 1. The molecular formula is C18H17N3O5. The molecule has 2 amide bonds. The monoisotopic (exact) mass is 355 g/mol. The summed E-state index contributed by atoms with van der Waals surface area (Å²) in [5.74, 6) is -0.447. The van der Waals surface area contributed by atoms with Crippen LogP contribution in [0.1, 0.15) is 15.9 Å². The largest absolute Gasteiger partial charge is 0.497 e. The molecule has 0 aliphatic heterocycles. The van der Waals surface area contributed by atoms with Crippen LogP contribution in [-0.4, -0.2) is 30.9 Å². The van der Waals surface area contributed by atoms with Gasteiger partial charge in [-0.25, -0.2) is 0 Å². The molecule has 0 aromatic heterocycles. The third kappa shape index (κ3) is 4.44. The van der Waals surface area contributed by atoms with Gasteiger partial charge in [-0.05, 0) is 30.3 Å². The maximum absolute atomic E-state index is 12.2. The van der Waals surface area contributed by atoms with E-state index >= 15 is 0 Å². The summed E-state index contributed by atoms with van der Waals surface area (Å²) < 4.78 is 5.08. The van der Waals surface area contributed by atoms with Gasteiger partial charge < -0.3 is 15.4 Å². The second-order valence-electron chi connectivity index (χ2n) is 5.13. The van der Waals surface area contributed by atoms with Crippen molar-refractivity contribution >= 4 is 29.3 Å². The van der Waals surface area contributed by atoms with Crippen molar-refractivity contribution in [3.8, 4) is 5.75 Å². The molecule has 8 nitrogen and oxygen atoms in total. The number of nitro benzene ring substituents is 1. The van der Waals surface area contributed by atoms with Gasteiger partial charge in [0, 0.05) is 19.2 Å². The topological polar surface area (TPSA) is 111 Å². The Morgan fingerprint density at radius 3 is 2.58 bits per heavy atom. The Balaban J connectivity index is 2.23. The molecule has 0 aliphatic rings. The number of nitrogens with one attached hydrogen (secondary N) is 2. The number of rotatable bonds is 6. The third-order valence-electron chi connectivity index (χ3n) is 3.50. The lowest BCUT2D eigenvalue weighted by molar-refractivity contribution is -0.385. The lowest BCUT2D eigenvalue weighted by Gasteiger charge is -2.10. The summed E-state index contributed by atoms with van der Waals surface area (Å²) in [6.45, 7) is 0. The molecule has 2 aromatic carbocycles. The Morgan fingerprint density at radius 1 is 1.19 bits per heavy atom. The molecule has 2 aromatic rings. The van der Waals surface area contributed by atoms with Crippen molar-refractivity contribution < 1.29 is 19.2 Å². The maximum atomic E-state index is 12.2. The molecule has 0 saturated carbocycles. The fourth-order valence-electron chi connectivity index (χ4n) is 2.22. The van der Waals surface area contributed by atoms with Gasteiger partial charge in [-0.15, -0.1) is 0 Å². The van der Waals surface area contributed by atoms with Crippen molar-refractivity contribution in [2.75, 3.05) is 19.5 Å². The number of benzene rings is 2. The fourth-order valence-corrected chi connectivity index (χ4v) is 2.22. The van der Waals surface area contributed by atoms with E-state index in [1.54, 1.807) is 24.3 Å². The van der Waals surface area contributed by atoms with Gasteiger partial charge in [-0.2, -0.15) is 0 Å². The predicted molar refractivity (Wildman–Crippen MR) is 97.1 cm³/mol. The fraction of sp³-hybridized carbons (Fsp3) is 0.111. The van der Waals surface area contributed by atoms with Crippen LogP contribution in [0.4, 0.5) is 11.4 Å². The van der Waals surface area contributed by atoms with Gasteiger partial charge in [0.2, 0.25) is 5.91 Å². The molecule has 2 rings (SSSR count). The highest BCUT2D eigenvalue weighted by molar-refractivity contribution is 6.07. The second-order valence-corrected chi connectivity index (χ2v) is 5.13. The van der Waals surface area contributed by atoms with Gasteiger partial charge in [0.05, 0.1) is 28.8 Å². The summed E-state index contributed by atoms with van der Waals surface area (Å²) in [5, 5.41) is 16.1. The average Bonchev–Trinajstić information content (AvgIpc) is 2.66. The molecular weight excluding hydrogens is 338 g/mol. The Morgan fingerprint density at radius 2 is 1.92 bits per heavy atom. The van der Waals surface area contributed by atoms with Gasteiger partial charge in [0.25, 0.3) is 11.6 Å². The first kappa shape index (κ1) is 18.7. The maximum Gasteiger partial charge on any atom is 0.276 e. The van der Waals surface area contributed by atoms with E-state index in [2.05, 4.69) is 10.6 Å². The van der Waals surface area contributed by atoms with Crippen molar-refractivity contribution in [2.45, 2.75) is 0 Å². The summed E-state index contributed by atoms with van der Waals surface area (Å²) in [5.41, 5.74) is 0.725. The molecule has 26 heavy (non-hydrogen) atoms. The molecule has 134 valence electrons. The average molecular weight is 355 g/mol. The smallest absolute Gasteiger partial charge is 0.276 e. The van der Waals surface area contributed by atoms with Crippen LogP contribution in [0.15, 0.2) is 48.5 Å². The first-order valence-electron chi connectivity index (χ1n) is 7.59. The molecule has 8 heteroatoms. The third-order valence-corrected chi connectivity index (χ3v) is 3.50. The Kier molecular flexibility index (Phi) is 6.05. The normalized spacial score (nSPS) is 10.4. The number of ether oxygens (including phenoxy) is 1. The van der Waals surface area contributed by atoms with Crippen molar-refractivity contribution in [1.82, 2.24) is 5.32 Å². The number of methoxy groups -OCH3 is 1. The lowest BCUT2D eigenvalue weighted by atomic mass is 10.1. The zero-order chi connectivity index (χ0) is 19.1. The van der Waals surface area contributed by atoms with Gasteiger partial charge in [0.1, 0.15) is 5.75 Å². The van der Waals surface area contributed by atoms with Gasteiger partial charge in [-0.1, -0.05) is 12.1 Å². The summed E-state index contributed by atoms with van der Waals surface area (Å²) in [7, 11) is 2.94. The minimum absolute atomic E-state index is 0.105. The number of nitro groups is 1. The number of nitrogens with zero attached hydrogens (tertiary/aromatic N) is 1. The van der Waals surface area contributed by atoms with Crippen LogP contribution >= 0.6 is 0 Å². The van der Waals surface area contributed by atoms with E-state index in [0.29, 0.717) is 17.0 Å². The van der Waals surface area contributed by atoms with Crippen LogP contribution in [0.5, 0.6) is 5.75 Å². The number of amides is 2. The standard InChI is InChI=1S/C18H17N3O5/c1-19-18(23)14-11-13(26-2)8-9-15(14)20-17(22)10-7-12-5-3-4-6-16(12)21(24)25/h3-11H,1-2H3,(H,19,23)(H,20,22)/b10-7+. The van der Waals surface area contributed by atoms with E-state index in [4.69, 9.17) is 4.74 Å². The Hall–Kier alpha value is -3.68. The molecule has 0 heterocycles. The molecule has 0 fully saturated rings. The zero-order valence-corrected chi connectivity index (χ0v) is 14.2. The first-order chi connectivity index (χ1) is 12.5. The molecule has 0 radical (unpaired) electrons. The Labute approximate surface area is 149 Å². The number of hydrogen-bond acceptors (Lipinski definition) is 5. The molecule has 0 aliphatic carbocycles. The lowest BCUT2D eigenvalue weighted by Crippen LogP contribution is -2.21. The van der Waals surface area contributed by atoms with Crippen LogP contribution in [0.3, 0.4) is 0 Å². The Bertz CT molecular complexity index is 877. The van der Waals surface area contributed by atoms with Gasteiger partial charge in [0.15, 0.2) is 0 Å². The van der Waals surface area contributed by atoms with Crippen LogP contribution in [0.2, 0.25) is 0 Å². The van der Waals surface area contributed by atoms with E-state index in [1.165, 1.54) is 44.5 Å². The van der Waals surface area contributed by atoms with E-state index in [1.807, 2.05) is 0 Å². The molecule has 0 atom stereocenters. The van der Waals surface area contributed by atoms with Gasteiger partial charge >= 0.3 is 0 Å². The van der Waals surface area contributed by atoms with Crippen LogP contribution in [0.25, 0.3) is 6.08 Å². The summed E-state index contributed by atoms with van der Waals surface area (Å²) in [6, 6.07) is 10.7. The van der Waals surface area contributed by atoms with Crippen LogP contribution < -0.4 is 15.4 Å². The number of carbonyl (C=O) groups excluding carboxylic acids is 2. The van der Waals surface area contributed by atoms with Crippen molar-refractivity contribution in [3.05, 3.63) is 69.8 Å². The van der Waals surface area contributed by atoms with Crippen LogP contribution in [0, 0.1) is 10.1 Å². The summed E-state index contributed by atoms with van der Waals surface area (Å²) in [4.78, 5) is 34.6. The highest BCUT2D eigenvalue weighted by Crippen LogP contribution is 2.23. The van der Waals surface area contributed by atoms with Crippen molar-refractivity contribution in [2.24, 2.45) is 0 Å². The van der Waals surface area contributed by atoms with Crippen LogP contribution in [-0.2, 0) is 4.79 Å². The highest BCUT2D eigenvalue weighted by atomic mass is 16.6. The number of hydrogen-bond donors (Lipinski definition) is 2. The number of carbonyl (C=O) groups is 2. The molecule has 0 saturated heterocycles. The second kappa shape index (κ2) is 8.43. The molecule has 0 bridgehead atoms. The predicted octanol–water partition coefficient (Wildman–Crippen LogP) is 2.61. The molecule has 0 unspecified atom stereocenters. The first-order valence-corrected chi connectivity index (χ1v) is 7.59.